The molecule has 6 heteroatoms. The van der Waals surface area contributed by atoms with Crippen molar-refractivity contribution in [1.82, 2.24) is 0 Å². The predicted molar refractivity (Wildman–Crippen MR) is 275 cm³/mol. The lowest BCUT2D eigenvalue weighted by atomic mass is 10.0. The maximum Gasteiger partial charge on any atom is 0.306 e. The second-order valence-corrected chi connectivity index (χ2v) is 19.2. The van der Waals surface area contributed by atoms with E-state index < -0.39 is 6.10 Å². The van der Waals surface area contributed by atoms with Crippen molar-refractivity contribution in [2.75, 3.05) is 13.2 Å². The van der Waals surface area contributed by atoms with Gasteiger partial charge in [-0.05, 0) is 70.6 Å². The van der Waals surface area contributed by atoms with Crippen molar-refractivity contribution in [1.29, 1.82) is 0 Å². The maximum atomic E-state index is 12.8. The molecule has 64 heavy (non-hydrogen) atoms. The molecule has 0 aliphatic carbocycles. The van der Waals surface area contributed by atoms with Gasteiger partial charge in [-0.1, -0.05) is 244 Å². The molecule has 0 aliphatic heterocycles. The minimum Gasteiger partial charge on any atom is -0.462 e. The first-order valence-electron chi connectivity index (χ1n) is 28.3. The minimum atomic E-state index is -0.771. The van der Waals surface area contributed by atoms with Gasteiger partial charge < -0.3 is 14.2 Å². The van der Waals surface area contributed by atoms with E-state index in [-0.39, 0.29) is 31.1 Å². The van der Waals surface area contributed by atoms with Crippen molar-refractivity contribution in [2.45, 2.75) is 316 Å². The third-order valence-corrected chi connectivity index (χ3v) is 12.7. The van der Waals surface area contributed by atoms with Crippen molar-refractivity contribution < 1.29 is 28.6 Å². The molecule has 0 bridgehead atoms. The lowest BCUT2D eigenvalue weighted by Crippen LogP contribution is -2.30. The summed E-state index contributed by atoms with van der Waals surface area (Å²) in [4.78, 5) is 38.1. The molecule has 6 nitrogen and oxygen atoms in total. The monoisotopic (exact) mass is 901 g/mol. The fraction of sp³-hybridized carbons (Fsp3) is 0.879. The Balaban J connectivity index is 4.33. The fourth-order valence-corrected chi connectivity index (χ4v) is 8.37. The van der Waals surface area contributed by atoms with Gasteiger partial charge in [0.05, 0.1) is 0 Å². The van der Waals surface area contributed by atoms with E-state index in [1.165, 1.54) is 212 Å². The summed E-state index contributed by atoms with van der Waals surface area (Å²) in [5, 5.41) is 0. The van der Waals surface area contributed by atoms with Crippen molar-refractivity contribution in [2.24, 2.45) is 0 Å². The van der Waals surface area contributed by atoms with Crippen LogP contribution in [0.15, 0.2) is 24.3 Å². The second-order valence-electron chi connectivity index (χ2n) is 19.2. The van der Waals surface area contributed by atoms with Gasteiger partial charge in [-0.2, -0.15) is 0 Å². The van der Waals surface area contributed by atoms with Crippen molar-refractivity contribution in [3.05, 3.63) is 24.3 Å². The lowest BCUT2D eigenvalue weighted by Gasteiger charge is -2.18. The van der Waals surface area contributed by atoms with Crippen LogP contribution in [0.1, 0.15) is 310 Å². The van der Waals surface area contributed by atoms with E-state index in [1.807, 2.05) is 0 Å². The van der Waals surface area contributed by atoms with Gasteiger partial charge in [0.25, 0.3) is 0 Å². The summed E-state index contributed by atoms with van der Waals surface area (Å²) in [6, 6.07) is 0. The summed E-state index contributed by atoms with van der Waals surface area (Å²) >= 11 is 0. The Morgan fingerprint density at radius 1 is 0.297 bits per heavy atom. The van der Waals surface area contributed by atoms with E-state index in [2.05, 4.69) is 45.1 Å². The molecule has 0 spiro atoms. The molecular weight excluding hydrogens is 793 g/mol. The van der Waals surface area contributed by atoms with Crippen LogP contribution in [0.5, 0.6) is 0 Å². The zero-order chi connectivity index (χ0) is 46.5. The number of ether oxygens (including phenoxy) is 3. The number of carbonyl (C=O) groups excluding carboxylic acids is 3. The van der Waals surface area contributed by atoms with Crippen molar-refractivity contribution in [3.63, 3.8) is 0 Å². The van der Waals surface area contributed by atoms with Crippen LogP contribution < -0.4 is 0 Å². The van der Waals surface area contributed by atoms with E-state index >= 15 is 0 Å². The van der Waals surface area contributed by atoms with Crippen LogP contribution in [-0.2, 0) is 28.6 Å². The van der Waals surface area contributed by atoms with E-state index in [0.29, 0.717) is 19.3 Å². The van der Waals surface area contributed by atoms with E-state index in [9.17, 15) is 14.4 Å². The highest BCUT2D eigenvalue weighted by atomic mass is 16.6. The first-order valence-corrected chi connectivity index (χ1v) is 28.3. The molecule has 0 saturated carbocycles. The molecule has 0 N–H and O–H groups in total. The van der Waals surface area contributed by atoms with E-state index in [4.69, 9.17) is 14.2 Å². The van der Waals surface area contributed by atoms with Gasteiger partial charge in [0.2, 0.25) is 0 Å². The highest BCUT2D eigenvalue weighted by molar-refractivity contribution is 5.71. The van der Waals surface area contributed by atoms with E-state index in [0.717, 1.165) is 57.8 Å². The fourth-order valence-electron chi connectivity index (χ4n) is 8.37. The molecule has 0 unspecified atom stereocenters. The first-order chi connectivity index (χ1) is 31.5. The number of esters is 3. The zero-order valence-corrected chi connectivity index (χ0v) is 43.1. The highest BCUT2D eigenvalue weighted by Crippen LogP contribution is 2.16. The van der Waals surface area contributed by atoms with Gasteiger partial charge in [0, 0.05) is 19.3 Å². The molecule has 0 fully saturated rings. The molecule has 0 saturated heterocycles. The molecule has 0 aliphatic rings. The van der Waals surface area contributed by atoms with Crippen LogP contribution in [0.2, 0.25) is 0 Å². The second kappa shape index (κ2) is 53.5. The third-order valence-electron chi connectivity index (χ3n) is 12.7. The summed E-state index contributed by atoms with van der Waals surface area (Å²) in [6.07, 6.45) is 61.6. The van der Waals surface area contributed by atoms with Gasteiger partial charge in [0.1, 0.15) is 13.2 Å². The SMILES string of the molecule is CCCCCCCC/C=C\CCCCCCCCCC(=O)OC[C@@H](COC(=O)CCCCCCCCCCCCCC)OC(=O)CCCCCCCCC/C=C\CCCCCCCC. The molecule has 0 heterocycles. The molecule has 0 aromatic carbocycles. The smallest absolute Gasteiger partial charge is 0.306 e. The molecule has 0 aromatic rings. The summed E-state index contributed by atoms with van der Waals surface area (Å²) in [6.45, 7) is 6.66. The first kappa shape index (κ1) is 61.9. The standard InChI is InChI=1S/C58H108O6/c1-4-7-10-13-16-19-22-25-27-29-31-33-36-39-42-45-48-51-57(60)63-54-55(53-62-56(59)50-47-44-41-38-35-24-21-18-15-12-9-6-3)64-58(61)52-49-46-43-40-37-34-32-30-28-26-23-20-17-14-11-8-5-2/h25-28,55H,4-24,29-54H2,1-3H3/b27-25-,28-26-/t55-/m1/s1. The number of carbonyl (C=O) groups is 3. The van der Waals surface area contributed by atoms with E-state index in [1.54, 1.807) is 0 Å². The van der Waals surface area contributed by atoms with Gasteiger partial charge in [-0.15, -0.1) is 0 Å². The molecular formula is C58H108O6. The molecule has 376 valence electrons. The summed E-state index contributed by atoms with van der Waals surface area (Å²) in [7, 11) is 0. The topological polar surface area (TPSA) is 78.9 Å². The third kappa shape index (κ3) is 50.9. The number of unbranched alkanes of at least 4 members (excludes halogenated alkanes) is 37. The minimum absolute atomic E-state index is 0.0702. The predicted octanol–water partition coefficient (Wildman–Crippen LogP) is 18.7. The Kier molecular flexibility index (Phi) is 51.7. The van der Waals surface area contributed by atoms with Crippen LogP contribution >= 0.6 is 0 Å². The van der Waals surface area contributed by atoms with Gasteiger partial charge in [0.15, 0.2) is 6.10 Å². The van der Waals surface area contributed by atoms with Gasteiger partial charge >= 0.3 is 17.9 Å². The Labute approximate surface area is 398 Å². The number of allylic oxidation sites excluding steroid dienone is 4. The Morgan fingerprint density at radius 2 is 0.516 bits per heavy atom. The number of hydrogen-bond acceptors (Lipinski definition) is 6. The molecule has 0 rings (SSSR count). The quantitative estimate of drug-likeness (QED) is 0.0262. The highest BCUT2D eigenvalue weighted by Gasteiger charge is 2.19. The summed E-state index contributed by atoms with van der Waals surface area (Å²) in [5.41, 5.74) is 0. The average Bonchev–Trinajstić information content (AvgIpc) is 3.29. The van der Waals surface area contributed by atoms with Gasteiger partial charge in [-0.3, -0.25) is 14.4 Å². The Bertz CT molecular complexity index is 1040. The lowest BCUT2D eigenvalue weighted by molar-refractivity contribution is -0.167. The summed E-state index contributed by atoms with van der Waals surface area (Å²) < 4.78 is 16.9. The molecule has 0 aromatic heterocycles. The van der Waals surface area contributed by atoms with Crippen LogP contribution in [0.4, 0.5) is 0 Å². The normalized spacial score (nSPS) is 12.1. The number of hydrogen-bond donors (Lipinski definition) is 0. The average molecular weight is 901 g/mol. The Hall–Kier alpha value is -2.11. The molecule has 0 radical (unpaired) electrons. The van der Waals surface area contributed by atoms with Crippen molar-refractivity contribution in [3.8, 4) is 0 Å². The van der Waals surface area contributed by atoms with Crippen molar-refractivity contribution >= 4 is 17.9 Å². The zero-order valence-electron chi connectivity index (χ0n) is 43.1. The Morgan fingerprint density at radius 3 is 0.781 bits per heavy atom. The molecule has 1 atom stereocenters. The van der Waals surface area contributed by atoms with Crippen LogP contribution in [-0.4, -0.2) is 37.2 Å². The maximum absolute atomic E-state index is 12.8. The van der Waals surface area contributed by atoms with Crippen LogP contribution in [0.25, 0.3) is 0 Å². The van der Waals surface area contributed by atoms with Crippen LogP contribution in [0.3, 0.4) is 0 Å². The summed E-state index contributed by atoms with van der Waals surface area (Å²) in [5.74, 6) is -0.862. The number of rotatable bonds is 52. The van der Waals surface area contributed by atoms with Gasteiger partial charge in [-0.25, -0.2) is 0 Å². The largest absolute Gasteiger partial charge is 0.462 e. The van der Waals surface area contributed by atoms with Crippen LogP contribution in [0, 0.1) is 0 Å². The molecule has 0 amide bonds.